The first kappa shape index (κ1) is 14.4. The molecule has 1 atom stereocenters. The number of rotatable bonds is 6. The Morgan fingerprint density at radius 2 is 2.22 bits per heavy atom. The highest BCUT2D eigenvalue weighted by Crippen LogP contribution is 2.10. The zero-order valence-corrected chi connectivity index (χ0v) is 11.2. The van der Waals surface area contributed by atoms with E-state index in [1.54, 1.807) is 32.4 Å². The summed E-state index contributed by atoms with van der Waals surface area (Å²) in [6.07, 6.45) is 3.17. The fourth-order valence-electron chi connectivity index (χ4n) is 1.61. The third kappa shape index (κ3) is 4.00. The van der Waals surface area contributed by atoms with Crippen molar-refractivity contribution in [1.29, 1.82) is 0 Å². The molecule has 18 heavy (non-hydrogen) atoms. The number of aliphatic hydroxyl groups is 1. The fourth-order valence-corrected chi connectivity index (χ4v) is 1.61. The van der Waals surface area contributed by atoms with Crippen molar-refractivity contribution in [3.8, 4) is 0 Å². The van der Waals surface area contributed by atoms with Crippen LogP contribution in [0.5, 0.6) is 0 Å². The van der Waals surface area contributed by atoms with Gasteiger partial charge in [0, 0.05) is 32.9 Å². The zero-order chi connectivity index (χ0) is 13.5. The van der Waals surface area contributed by atoms with E-state index in [-0.39, 0.29) is 18.6 Å². The second kappa shape index (κ2) is 6.96. The smallest absolute Gasteiger partial charge is 0.254 e. The lowest BCUT2D eigenvalue weighted by atomic mass is 10.1. The summed E-state index contributed by atoms with van der Waals surface area (Å²) in [4.78, 5) is 17.4. The number of amides is 1. The van der Waals surface area contributed by atoms with Crippen molar-refractivity contribution in [3.05, 3.63) is 23.9 Å². The molecule has 5 nitrogen and oxygen atoms in total. The van der Waals surface area contributed by atoms with Gasteiger partial charge >= 0.3 is 0 Å². The van der Waals surface area contributed by atoms with E-state index in [0.29, 0.717) is 12.0 Å². The number of pyridine rings is 1. The molecule has 0 spiro atoms. The van der Waals surface area contributed by atoms with Crippen LogP contribution in [0.4, 0.5) is 5.82 Å². The Bertz CT molecular complexity index is 376. The quantitative estimate of drug-likeness (QED) is 0.801. The maximum absolute atomic E-state index is 11.7. The van der Waals surface area contributed by atoms with E-state index < -0.39 is 0 Å². The van der Waals surface area contributed by atoms with Crippen LogP contribution in [0.1, 0.15) is 30.1 Å². The highest BCUT2D eigenvalue weighted by atomic mass is 16.3. The maximum atomic E-state index is 11.7. The van der Waals surface area contributed by atoms with Gasteiger partial charge in [0.05, 0.1) is 5.56 Å². The molecule has 100 valence electrons. The lowest BCUT2D eigenvalue weighted by molar-refractivity contribution is 0.0827. The Morgan fingerprint density at radius 3 is 2.67 bits per heavy atom. The second-order valence-electron chi connectivity index (χ2n) is 4.39. The number of aliphatic hydroxyl groups excluding tert-OH is 1. The predicted octanol–water partition coefficient (Wildman–Crippen LogP) is 1.36. The summed E-state index contributed by atoms with van der Waals surface area (Å²) in [6, 6.07) is 3.75. The molecular formula is C13H21N3O2. The monoisotopic (exact) mass is 251 g/mol. The van der Waals surface area contributed by atoms with Crippen molar-refractivity contribution in [1.82, 2.24) is 9.88 Å². The van der Waals surface area contributed by atoms with Crippen LogP contribution < -0.4 is 5.32 Å². The first-order valence-corrected chi connectivity index (χ1v) is 6.13. The van der Waals surface area contributed by atoms with Gasteiger partial charge in [0.2, 0.25) is 0 Å². The zero-order valence-electron chi connectivity index (χ0n) is 11.2. The first-order valence-electron chi connectivity index (χ1n) is 6.13. The Balaban J connectivity index is 2.68. The summed E-state index contributed by atoms with van der Waals surface area (Å²) in [5.74, 6) is 0.669. The Labute approximate surface area is 108 Å². The van der Waals surface area contributed by atoms with Gasteiger partial charge in [0.1, 0.15) is 5.82 Å². The van der Waals surface area contributed by atoms with E-state index >= 15 is 0 Å². The molecular weight excluding hydrogens is 230 g/mol. The number of nitrogens with zero attached hydrogens (tertiary/aromatic N) is 2. The van der Waals surface area contributed by atoms with Crippen LogP contribution in [-0.2, 0) is 0 Å². The molecule has 0 aliphatic carbocycles. The average molecular weight is 251 g/mol. The number of hydrogen-bond donors (Lipinski definition) is 2. The highest BCUT2D eigenvalue weighted by molar-refractivity contribution is 5.93. The molecule has 0 radical (unpaired) electrons. The van der Waals surface area contributed by atoms with Gasteiger partial charge in [-0.25, -0.2) is 4.98 Å². The summed E-state index contributed by atoms with van der Waals surface area (Å²) in [6.45, 7) is 2.21. The lowest BCUT2D eigenvalue weighted by Gasteiger charge is -2.16. The molecule has 5 heteroatoms. The summed E-state index contributed by atoms with van der Waals surface area (Å²) in [5.41, 5.74) is 0.570. The Kier molecular flexibility index (Phi) is 5.58. The molecule has 0 saturated heterocycles. The molecule has 1 unspecified atom stereocenters. The number of nitrogens with one attached hydrogen (secondary N) is 1. The fraction of sp³-hybridized carbons (Fsp3) is 0.538. The molecule has 1 rings (SSSR count). The molecule has 1 aromatic heterocycles. The minimum absolute atomic E-state index is 0.0588. The number of anilines is 1. The molecule has 0 aliphatic rings. The molecule has 2 N–H and O–H groups in total. The topological polar surface area (TPSA) is 65.5 Å². The van der Waals surface area contributed by atoms with Crippen molar-refractivity contribution >= 4 is 11.7 Å². The number of hydrogen-bond acceptors (Lipinski definition) is 4. The van der Waals surface area contributed by atoms with Gasteiger partial charge in [-0.15, -0.1) is 0 Å². The van der Waals surface area contributed by atoms with Gasteiger partial charge in [-0.05, 0) is 25.0 Å². The number of carbonyl (C=O) groups is 1. The number of aromatic nitrogens is 1. The van der Waals surface area contributed by atoms with Crippen LogP contribution in [0.3, 0.4) is 0 Å². The largest absolute Gasteiger partial charge is 0.396 e. The second-order valence-corrected chi connectivity index (χ2v) is 4.39. The summed E-state index contributed by atoms with van der Waals surface area (Å²) >= 11 is 0. The van der Waals surface area contributed by atoms with E-state index in [9.17, 15) is 4.79 Å². The molecule has 0 aliphatic heterocycles. The maximum Gasteiger partial charge on any atom is 0.254 e. The van der Waals surface area contributed by atoms with Gasteiger partial charge in [0.15, 0.2) is 0 Å². The Morgan fingerprint density at radius 1 is 1.50 bits per heavy atom. The summed E-state index contributed by atoms with van der Waals surface area (Å²) in [5, 5.41) is 12.1. The summed E-state index contributed by atoms with van der Waals surface area (Å²) in [7, 11) is 3.42. The Hall–Kier alpha value is -1.62. The molecule has 0 bridgehead atoms. The summed E-state index contributed by atoms with van der Waals surface area (Å²) < 4.78 is 0. The minimum Gasteiger partial charge on any atom is -0.396 e. The molecule has 1 heterocycles. The van der Waals surface area contributed by atoms with Gasteiger partial charge in [-0.2, -0.15) is 0 Å². The van der Waals surface area contributed by atoms with Crippen molar-refractivity contribution < 1.29 is 9.90 Å². The van der Waals surface area contributed by atoms with E-state index in [4.69, 9.17) is 5.11 Å². The molecule has 1 amide bonds. The van der Waals surface area contributed by atoms with E-state index in [1.165, 1.54) is 4.90 Å². The average Bonchev–Trinajstić information content (AvgIpc) is 2.38. The van der Waals surface area contributed by atoms with Crippen LogP contribution >= 0.6 is 0 Å². The van der Waals surface area contributed by atoms with Crippen LogP contribution in [0.25, 0.3) is 0 Å². The third-order valence-electron chi connectivity index (χ3n) is 2.74. The van der Waals surface area contributed by atoms with Gasteiger partial charge in [-0.3, -0.25) is 4.79 Å². The molecule has 0 fully saturated rings. The molecule has 0 saturated carbocycles. The number of carbonyl (C=O) groups excluding carboxylic acids is 1. The molecule has 0 aromatic carbocycles. The van der Waals surface area contributed by atoms with Crippen LogP contribution in [0.15, 0.2) is 18.3 Å². The van der Waals surface area contributed by atoms with Crippen LogP contribution in [0.2, 0.25) is 0 Å². The van der Waals surface area contributed by atoms with Crippen molar-refractivity contribution in [3.63, 3.8) is 0 Å². The normalized spacial score (nSPS) is 12.0. The lowest BCUT2D eigenvalue weighted by Crippen LogP contribution is -2.23. The predicted molar refractivity (Wildman–Crippen MR) is 71.7 cm³/mol. The van der Waals surface area contributed by atoms with E-state index in [1.807, 2.05) is 0 Å². The van der Waals surface area contributed by atoms with Crippen LogP contribution in [0, 0.1) is 0 Å². The van der Waals surface area contributed by atoms with Gasteiger partial charge < -0.3 is 15.3 Å². The van der Waals surface area contributed by atoms with Gasteiger partial charge in [0.25, 0.3) is 5.91 Å². The van der Waals surface area contributed by atoms with Crippen molar-refractivity contribution in [2.24, 2.45) is 0 Å². The van der Waals surface area contributed by atoms with Gasteiger partial charge in [-0.1, -0.05) is 6.92 Å². The van der Waals surface area contributed by atoms with Crippen molar-refractivity contribution in [2.75, 3.05) is 26.0 Å². The molecule has 1 aromatic rings. The third-order valence-corrected chi connectivity index (χ3v) is 2.74. The SMILES string of the molecule is CCC(CCO)Nc1ccc(C(=O)N(C)C)cn1. The van der Waals surface area contributed by atoms with Crippen molar-refractivity contribution in [2.45, 2.75) is 25.8 Å². The highest BCUT2D eigenvalue weighted by Gasteiger charge is 2.09. The standard InChI is InChI=1S/C13H21N3O2/c1-4-11(7-8-17)15-12-6-5-10(9-14-12)13(18)16(2)3/h5-6,9,11,17H,4,7-8H2,1-3H3,(H,14,15). The van der Waals surface area contributed by atoms with E-state index in [0.717, 1.165) is 12.2 Å². The minimum atomic E-state index is -0.0588. The van der Waals surface area contributed by atoms with E-state index in [2.05, 4.69) is 17.2 Å². The van der Waals surface area contributed by atoms with Crippen LogP contribution in [-0.4, -0.2) is 47.6 Å². The first-order chi connectivity index (χ1) is 8.58.